The number of hydrogen-bond acceptors (Lipinski definition) is 6. The summed E-state index contributed by atoms with van der Waals surface area (Å²) in [5.74, 6) is -0.435. The molecular formula is C20H27N5O2S. The summed E-state index contributed by atoms with van der Waals surface area (Å²) < 4.78 is 3.81. The zero-order chi connectivity index (χ0) is 20.5. The summed E-state index contributed by atoms with van der Waals surface area (Å²) in [7, 11) is 3.93. The lowest BCUT2D eigenvalue weighted by Gasteiger charge is -2.33. The highest BCUT2D eigenvalue weighted by molar-refractivity contribution is 7.03. The Balaban J connectivity index is 2.00. The highest BCUT2D eigenvalue weighted by Gasteiger charge is 2.43. The van der Waals surface area contributed by atoms with Crippen molar-refractivity contribution in [2.75, 3.05) is 19.0 Å². The van der Waals surface area contributed by atoms with Gasteiger partial charge < -0.3 is 15.1 Å². The fraction of sp³-hybridized carbons (Fsp3) is 0.500. The van der Waals surface area contributed by atoms with Gasteiger partial charge >= 0.3 is 0 Å². The third kappa shape index (κ3) is 4.67. The van der Waals surface area contributed by atoms with E-state index in [1.165, 1.54) is 0 Å². The van der Waals surface area contributed by atoms with Crippen molar-refractivity contribution in [3.8, 4) is 0 Å². The number of anilines is 1. The number of amides is 2. The van der Waals surface area contributed by atoms with Gasteiger partial charge in [-0.15, -0.1) is 5.10 Å². The van der Waals surface area contributed by atoms with Crippen LogP contribution in [0.5, 0.6) is 0 Å². The van der Waals surface area contributed by atoms with Crippen LogP contribution < -0.4 is 10.2 Å². The summed E-state index contributed by atoms with van der Waals surface area (Å²) in [4.78, 5) is 30.1. The van der Waals surface area contributed by atoms with Crippen LogP contribution in [0.25, 0.3) is 0 Å². The molecule has 8 heteroatoms. The molecular weight excluding hydrogens is 374 g/mol. The molecule has 1 heterocycles. The van der Waals surface area contributed by atoms with Crippen LogP contribution in [-0.4, -0.2) is 52.0 Å². The highest BCUT2D eigenvalue weighted by Crippen LogP contribution is 2.36. The molecule has 7 nitrogen and oxygen atoms in total. The highest BCUT2D eigenvalue weighted by atomic mass is 32.1. The minimum atomic E-state index is -0.711. The first-order chi connectivity index (χ1) is 13.2. The van der Waals surface area contributed by atoms with Crippen LogP contribution in [0, 0.1) is 0 Å². The van der Waals surface area contributed by atoms with Crippen molar-refractivity contribution in [3.63, 3.8) is 0 Å². The zero-order valence-corrected chi connectivity index (χ0v) is 17.8. The lowest BCUT2D eigenvalue weighted by molar-refractivity contribution is -0.127. The maximum Gasteiger partial charge on any atom is 0.276 e. The van der Waals surface area contributed by atoms with Crippen LogP contribution in [-0.2, 0) is 4.79 Å². The summed E-state index contributed by atoms with van der Waals surface area (Å²) >= 11 is 1.13. The number of nitrogens with one attached hydrogen (secondary N) is 1. The molecule has 2 amide bonds. The van der Waals surface area contributed by atoms with Crippen molar-refractivity contribution < 1.29 is 9.59 Å². The van der Waals surface area contributed by atoms with Gasteiger partial charge in [0.15, 0.2) is 5.69 Å². The van der Waals surface area contributed by atoms with E-state index in [1.807, 2.05) is 64.0 Å². The van der Waals surface area contributed by atoms with E-state index in [4.69, 9.17) is 0 Å². The van der Waals surface area contributed by atoms with E-state index >= 15 is 0 Å². The van der Waals surface area contributed by atoms with Crippen LogP contribution in [0.15, 0.2) is 29.6 Å². The number of benzene rings is 1. The first kappa shape index (κ1) is 20.3. The van der Waals surface area contributed by atoms with E-state index < -0.39 is 11.6 Å². The summed E-state index contributed by atoms with van der Waals surface area (Å²) in [5, 5.41) is 8.61. The summed E-state index contributed by atoms with van der Waals surface area (Å²) in [6.45, 7) is 5.81. The molecule has 150 valence electrons. The van der Waals surface area contributed by atoms with Gasteiger partial charge in [0.1, 0.15) is 6.04 Å². The Bertz CT molecular complexity index is 823. The number of carbonyl (C=O) groups excluding carboxylic acids is 2. The van der Waals surface area contributed by atoms with Gasteiger partial charge in [-0.25, -0.2) is 0 Å². The monoisotopic (exact) mass is 401 g/mol. The molecule has 1 atom stereocenters. The molecule has 1 aliphatic rings. The predicted molar refractivity (Wildman–Crippen MR) is 111 cm³/mol. The number of nitrogens with zero attached hydrogens (tertiary/aromatic N) is 4. The molecule has 1 aromatic heterocycles. The van der Waals surface area contributed by atoms with Gasteiger partial charge in [-0.1, -0.05) is 16.6 Å². The van der Waals surface area contributed by atoms with Gasteiger partial charge in [-0.2, -0.15) is 0 Å². The molecule has 0 unspecified atom stereocenters. The average Bonchev–Trinajstić information content (AvgIpc) is 3.29. The summed E-state index contributed by atoms with van der Waals surface area (Å²) in [6.07, 6.45) is 1.77. The van der Waals surface area contributed by atoms with E-state index in [0.717, 1.165) is 35.6 Å². The third-order valence-corrected chi connectivity index (χ3v) is 5.01. The van der Waals surface area contributed by atoms with E-state index in [9.17, 15) is 9.59 Å². The molecule has 28 heavy (non-hydrogen) atoms. The minimum absolute atomic E-state index is 0.0402. The van der Waals surface area contributed by atoms with Crippen molar-refractivity contribution in [1.82, 2.24) is 19.8 Å². The maximum absolute atomic E-state index is 13.3. The molecule has 2 aromatic rings. The third-order valence-electron chi connectivity index (χ3n) is 4.50. The Morgan fingerprint density at radius 3 is 2.29 bits per heavy atom. The molecule has 1 saturated carbocycles. The first-order valence-electron chi connectivity index (χ1n) is 9.36. The molecule has 0 bridgehead atoms. The number of rotatable bonds is 6. The van der Waals surface area contributed by atoms with E-state index in [1.54, 1.807) is 10.3 Å². The molecule has 1 aliphatic carbocycles. The van der Waals surface area contributed by atoms with Crippen LogP contribution >= 0.6 is 11.5 Å². The Kier molecular flexibility index (Phi) is 5.69. The lowest BCUT2D eigenvalue weighted by Crippen LogP contribution is -2.50. The number of hydrogen-bond donors (Lipinski definition) is 1. The second kappa shape index (κ2) is 7.87. The normalized spacial score (nSPS) is 15.0. The summed E-state index contributed by atoms with van der Waals surface area (Å²) in [5.41, 5.74) is 1.71. The van der Waals surface area contributed by atoms with Gasteiger partial charge in [0.2, 0.25) is 5.91 Å². The van der Waals surface area contributed by atoms with Crippen LogP contribution in [0.2, 0.25) is 0 Å². The van der Waals surface area contributed by atoms with Gasteiger partial charge in [0.05, 0.1) is 0 Å². The predicted octanol–water partition coefficient (Wildman–Crippen LogP) is 2.86. The van der Waals surface area contributed by atoms with Gasteiger partial charge in [0, 0.05) is 36.7 Å². The average molecular weight is 402 g/mol. The van der Waals surface area contributed by atoms with Gasteiger partial charge in [-0.3, -0.25) is 9.59 Å². The van der Waals surface area contributed by atoms with Gasteiger partial charge in [0.25, 0.3) is 5.91 Å². The largest absolute Gasteiger partial charge is 0.378 e. The smallest absolute Gasteiger partial charge is 0.276 e. The Morgan fingerprint density at radius 2 is 1.82 bits per heavy atom. The first-order valence-corrected chi connectivity index (χ1v) is 10.2. The molecule has 1 fully saturated rings. The van der Waals surface area contributed by atoms with Crippen LogP contribution in [0.4, 0.5) is 5.69 Å². The molecule has 0 radical (unpaired) electrons. The van der Waals surface area contributed by atoms with Crippen molar-refractivity contribution >= 4 is 29.0 Å². The molecule has 1 N–H and O–H groups in total. The van der Waals surface area contributed by atoms with Gasteiger partial charge in [-0.05, 0) is 62.8 Å². The molecule has 1 aromatic carbocycles. The lowest BCUT2D eigenvalue weighted by atomic mass is 10.0. The van der Waals surface area contributed by atoms with Crippen molar-refractivity contribution in [2.45, 2.75) is 51.2 Å². The van der Waals surface area contributed by atoms with Crippen LogP contribution in [0.1, 0.15) is 55.7 Å². The second-order valence-corrected chi connectivity index (χ2v) is 8.97. The Labute approximate surface area is 169 Å². The van der Waals surface area contributed by atoms with Crippen LogP contribution in [0.3, 0.4) is 0 Å². The topological polar surface area (TPSA) is 78.4 Å². The molecule has 0 saturated heterocycles. The standard InChI is InChI=1S/C20H27N5O2S/c1-20(2,3)21-18(26)17(13-6-8-14(9-7-13)24(4)5)25(15-10-11-15)19(27)16-12-28-23-22-16/h6-9,12,15,17H,10-11H2,1-5H3,(H,21,26)/t17-/m0/s1. The van der Waals surface area contributed by atoms with E-state index in [2.05, 4.69) is 14.9 Å². The SMILES string of the molecule is CN(C)c1ccc([C@@H](C(=O)NC(C)(C)C)N(C(=O)c2csnn2)C2CC2)cc1. The quantitative estimate of drug-likeness (QED) is 0.805. The molecule has 3 rings (SSSR count). The fourth-order valence-corrected chi connectivity index (χ4v) is 3.50. The maximum atomic E-state index is 13.3. The minimum Gasteiger partial charge on any atom is -0.378 e. The van der Waals surface area contributed by atoms with E-state index in [0.29, 0.717) is 0 Å². The number of carbonyl (C=O) groups is 2. The molecule has 0 spiro atoms. The summed E-state index contributed by atoms with van der Waals surface area (Å²) in [6, 6.07) is 7.10. The fourth-order valence-electron chi connectivity index (χ4n) is 3.07. The van der Waals surface area contributed by atoms with Crippen molar-refractivity contribution in [2.24, 2.45) is 0 Å². The van der Waals surface area contributed by atoms with E-state index in [-0.39, 0.29) is 23.6 Å². The van der Waals surface area contributed by atoms with Crippen molar-refractivity contribution in [1.29, 1.82) is 0 Å². The Hall–Kier alpha value is -2.48. The second-order valence-electron chi connectivity index (χ2n) is 8.36. The number of aromatic nitrogens is 2. The van der Waals surface area contributed by atoms with Crippen molar-refractivity contribution in [3.05, 3.63) is 40.9 Å². The molecule has 0 aliphatic heterocycles. The zero-order valence-electron chi connectivity index (χ0n) is 17.0. The Morgan fingerprint density at radius 1 is 1.18 bits per heavy atom.